The van der Waals surface area contributed by atoms with E-state index in [1.54, 1.807) is 30.3 Å². The number of carboxylic acid groups (broad SMARTS) is 1. The highest BCUT2D eigenvalue weighted by Crippen LogP contribution is 2.24. The molecule has 0 fully saturated rings. The molecule has 0 aliphatic carbocycles. The number of carbonyl (C=O) groups excluding carboxylic acids is 1. The molecule has 108 valence electrons. The summed E-state index contributed by atoms with van der Waals surface area (Å²) >= 11 is 11.7. The Morgan fingerprint density at radius 2 is 1.81 bits per heavy atom. The maximum atomic E-state index is 12.0. The van der Waals surface area contributed by atoms with E-state index >= 15 is 0 Å². The van der Waals surface area contributed by atoms with Crippen molar-refractivity contribution in [1.82, 2.24) is 0 Å². The Kier molecular flexibility index (Phi) is 4.83. The third-order valence-corrected chi connectivity index (χ3v) is 3.31. The lowest BCUT2D eigenvalue weighted by atomic mass is 10.1. The van der Waals surface area contributed by atoms with Crippen molar-refractivity contribution in [2.45, 2.75) is 6.42 Å². The molecule has 2 rings (SSSR count). The van der Waals surface area contributed by atoms with Crippen molar-refractivity contribution >= 4 is 40.8 Å². The summed E-state index contributed by atoms with van der Waals surface area (Å²) in [6.07, 6.45) is 0.0894. The average Bonchev–Trinajstić information content (AvgIpc) is 2.37. The van der Waals surface area contributed by atoms with Crippen LogP contribution in [0.25, 0.3) is 0 Å². The lowest BCUT2D eigenvalue weighted by molar-refractivity contribution is -0.115. The highest BCUT2D eigenvalue weighted by atomic mass is 35.5. The molecule has 0 spiro atoms. The maximum Gasteiger partial charge on any atom is 0.339 e. The summed E-state index contributed by atoms with van der Waals surface area (Å²) in [6.45, 7) is 0. The molecule has 0 heterocycles. The third-order valence-electron chi connectivity index (χ3n) is 2.76. The van der Waals surface area contributed by atoms with Gasteiger partial charge in [-0.25, -0.2) is 4.79 Å². The molecule has 2 N–H and O–H groups in total. The molecule has 2 aromatic carbocycles. The van der Waals surface area contributed by atoms with E-state index < -0.39 is 5.97 Å². The predicted molar refractivity (Wildman–Crippen MR) is 82.2 cm³/mol. The molecule has 4 nitrogen and oxygen atoms in total. The summed E-state index contributed by atoms with van der Waals surface area (Å²) in [7, 11) is 0. The van der Waals surface area contributed by atoms with Crippen LogP contribution in [-0.4, -0.2) is 17.0 Å². The van der Waals surface area contributed by atoms with Gasteiger partial charge in [0.1, 0.15) is 5.56 Å². The fraction of sp³-hybridized carbons (Fsp3) is 0.0667. The van der Waals surface area contributed by atoms with E-state index in [2.05, 4.69) is 5.32 Å². The Balaban J connectivity index is 2.17. The van der Waals surface area contributed by atoms with E-state index in [0.29, 0.717) is 5.02 Å². The minimum absolute atomic E-state index is 0.0723. The molecule has 0 aliphatic rings. The minimum atomic E-state index is -1.20. The molecule has 0 saturated carbocycles. The van der Waals surface area contributed by atoms with Gasteiger partial charge < -0.3 is 10.4 Å². The first-order valence-corrected chi connectivity index (χ1v) is 6.79. The van der Waals surface area contributed by atoms with Crippen molar-refractivity contribution in [3.05, 3.63) is 63.6 Å². The Morgan fingerprint density at radius 3 is 2.48 bits per heavy atom. The summed E-state index contributed by atoms with van der Waals surface area (Å²) < 4.78 is 0. The second-order valence-electron chi connectivity index (χ2n) is 4.32. The molecule has 0 aliphatic heterocycles. The van der Waals surface area contributed by atoms with E-state index in [9.17, 15) is 9.59 Å². The number of carboxylic acids is 1. The van der Waals surface area contributed by atoms with E-state index in [0.717, 1.165) is 5.56 Å². The number of aromatic carboxylic acids is 1. The van der Waals surface area contributed by atoms with Crippen molar-refractivity contribution in [1.29, 1.82) is 0 Å². The van der Waals surface area contributed by atoms with Gasteiger partial charge >= 0.3 is 5.97 Å². The number of carbonyl (C=O) groups is 2. The number of benzene rings is 2. The van der Waals surface area contributed by atoms with Crippen LogP contribution in [0.5, 0.6) is 0 Å². The second-order valence-corrected chi connectivity index (χ2v) is 5.17. The second kappa shape index (κ2) is 6.61. The van der Waals surface area contributed by atoms with Crippen molar-refractivity contribution < 1.29 is 14.7 Å². The van der Waals surface area contributed by atoms with Crippen molar-refractivity contribution in [2.24, 2.45) is 0 Å². The maximum absolute atomic E-state index is 12.0. The first kappa shape index (κ1) is 15.4. The van der Waals surface area contributed by atoms with E-state index in [-0.39, 0.29) is 28.6 Å². The van der Waals surface area contributed by atoms with Crippen LogP contribution in [0.2, 0.25) is 10.0 Å². The normalized spacial score (nSPS) is 10.2. The Bertz CT molecular complexity index is 701. The lowest BCUT2D eigenvalue weighted by Gasteiger charge is -2.09. The minimum Gasteiger partial charge on any atom is -0.478 e. The van der Waals surface area contributed by atoms with Crippen molar-refractivity contribution in [3.8, 4) is 0 Å². The molecule has 21 heavy (non-hydrogen) atoms. The number of rotatable bonds is 4. The van der Waals surface area contributed by atoms with Crippen LogP contribution in [-0.2, 0) is 11.2 Å². The average molecular weight is 324 g/mol. The molecule has 0 radical (unpaired) electrons. The van der Waals surface area contributed by atoms with Gasteiger partial charge in [-0.05, 0) is 29.8 Å². The quantitative estimate of drug-likeness (QED) is 0.897. The summed E-state index contributed by atoms with van der Waals surface area (Å²) in [6, 6.07) is 11.4. The van der Waals surface area contributed by atoms with Crippen LogP contribution in [0.3, 0.4) is 0 Å². The van der Waals surface area contributed by atoms with Gasteiger partial charge in [0.25, 0.3) is 0 Å². The zero-order valence-corrected chi connectivity index (χ0v) is 12.3. The van der Waals surface area contributed by atoms with Gasteiger partial charge in [0.05, 0.1) is 17.1 Å². The van der Waals surface area contributed by atoms with E-state index in [4.69, 9.17) is 28.3 Å². The number of halogens is 2. The van der Waals surface area contributed by atoms with Gasteiger partial charge in [0, 0.05) is 5.02 Å². The molecule has 0 unspecified atom stereocenters. The zero-order chi connectivity index (χ0) is 15.4. The molecular formula is C15H11Cl2NO3. The first-order valence-electron chi connectivity index (χ1n) is 6.03. The van der Waals surface area contributed by atoms with Crippen LogP contribution in [0.4, 0.5) is 5.69 Å². The SMILES string of the molecule is O=C(Cc1cccc(Cl)c1)Nc1cccc(Cl)c1C(=O)O. The van der Waals surface area contributed by atoms with Crippen molar-refractivity contribution in [2.75, 3.05) is 5.32 Å². The molecule has 0 bridgehead atoms. The fourth-order valence-corrected chi connectivity index (χ4v) is 2.34. The first-order chi connectivity index (χ1) is 9.97. The lowest BCUT2D eigenvalue weighted by Crippen LogP contribution is -2.17. The molecule has 0 saturated heterocycles. The molecule has 1 amide bonds. The van der Waals surface area contributed by atoms with Gasteiger partial charge in [-0.1, -0.05) is 41.4 Å². The summed E-state index contributed by atoms with van der Waals surface area (Å²) in [4.78, 5) is 23.2. The molecule has 0 aromatic heterocycles. The van der Waals surface area contributed by atoms with Gasteiger partial charge in [-0.2, -0.15) is 0 Å². The number of hydrogen-bond acceptors (Lipinski definition) is 2. The number of nitrogens with one attached hydrogen (secondary N) is 1. The summed E-state index contributed by atoms with van der Waals surface area (Å²) in [5.74, 6) is -1.54. The zero-order valence-electron chi connectivity index (χ0n) is 10.8. The Labute approximate surface area is 131 Å². The van der Waals surface area contributed by atoms with Crippen LogP contribution < -0.4 is 5.32 Å². The van der Waals surface area contributed by atoms with Gasteiger partial charge in [-0.15, -0.1) is 0 Å². The Hall–Kier alpha value is -2.04. The topological polar surface area (TPSA) is 66.4 Å². The van der Waals surface area contributed by atoms with Crippen LogP contribution >= 0.6 is 23.2 Å². The van der Waals surface area contributed by atoms with Crippen molar-refractivity contribution in [3.63, 3.8) is 0 Å². The van der Waals surface area contributed by atoms with E-state index in [1.165, 1.54) is 12.1 Å². The highest BCUT2D eigenvalue weighted by Gasteiger charge is 2.16. The fourth-order valence-electron chi connectivity index (χ4n) is 1.87. The van der Waals surface area contributed by atoms with Crippen LogP contribution in [0.1, 0.15) is 15.9 Å². The molecule has 2 aromatic rings. The molecule has 0 atom stereocenters. The van der Waals surface area contributed by atoms with Crippen LogP contribution in [0.15, 0.2) is 42.5 Å². The largest absolute Gasteiger partial charge is 0.478 e. The number of amides is 1. The van der Waals surface area contributed by atoms with Gasteiger partial charge in [0.2, 0.25) is 5.91 Å². The monoisotopic (exact) mass is 323 g/mol. The van der Waals surface area contributed by atoms with Crippen LogP contribution in [0, 0.1) is 0 Å². The van der Waals surface area contributed by atoms with E-state index in [1.807, 2.05) is 0 Å². The number of hydrogen-bond donors (Lipinski definition) is 2. The third kappa shape index (κ3) is 3.97. The highest BCUT2D eigenvalue weighted by molar-refractivity contribution is 6.34. The smallest absolute Gasteiger partial charge is 0.339 e. The summed E-state index contributed by atoms with van der Waals surface area (Å²) in [5, 5.41) is 12.3. The Morgan fingerprint density at radius 1 is 1.10 bits per heavy atom. The predicted octanol–water partition coefficient (Wildman–Crippen LogP) is 3.87. The van der Waals surface area contributed by atoms with Gasteiger partial charge in [0.15, 0.2) is 0 Å². The molecule has 6 heteroatoms. The standard InChI is InChI=1S/C15H11Cl2NO3/c16-10-4-1-3-9(7-10)8-13(19)18-12-6-2-5-11(17)14(12)15(20)21/h1-7H,8H2,(H,18,19)(H,20,21). The number of anilines is 1. The summed E-state index contributed by atoms with van der Waals surface area (Å²) in [5.41, 5.74) is 0.777. The molecular weight excluding hydrogens is 313 g/mol. The van der Waals surface area contributed by atoms with Gasteiger partial charge in [-0.3, -0.25) is 4.79 Å².